The van der Waals surface area contributed by atoms with Crippen molar-refractivity contribution in [1.82, 2.24) is 5.32 Å². The molecule has 21 heavy (non-hydrogen) atoms. The number of nitrogens with one attached hydrogen (secondary N) is 1. The van der Waals surface area contributed by atoms with Crippen LogP contribution in [0.4, 0.5) is 0 Å². The molecule has 0 saturated heterocycles. The maximum atomic E-state index is 12.2. The van der Waals surface area contributed by atoms with Crippen molar-refractivity contribution in [2.75, 3.05) is 6.61 Å². The average Bonchev–Trinajstić information content (AvgIpc) is 3.11. The van der Waals surface area contributed by atoms with Gasteiger partial charge >= 0.3 is 5.97 Å². The molecule has 4 bridgehead atoms. The van der Waals surface area contributed by atoms with E-state index in [1.807, 2.05) is 6.92 Å². The normalized spacial score (nSPS) is 46.2. The van der Waals surface area contributed by atoms with Crippen LogP contribution in [0.3, 0.4) is 0 Å². The maximum absolute atomic E-state index is 12.2. The maximum Gasteiger partial charge on any atom is 0.309 e. The third kappa shape index (κ3) is 2.58. The molecule has 0 aromatic heterocycles. The van der Waals surface area contributed by atoms with Crippen LogP contribution in [0.1, 0.15) is 51.9 Å². The quantitative estimate of drug-likeness (QED) is 0.808. The Hall–Kier alpha value is -1.06. The van der Waals surface area contributed by atoms with Crippen molar-refractivity contribution in [1.29, 1.82) is 0 Å². The molecule has 0 heterocycles. The Labute approximate surface area is 126 Å². The SMILES string of the molecule is C[C@H]1C[C@H]1C(=O)OCC(=O)NC12CC3CC(CC(C3)C1)C2. The molecule has 5 aliphatic carbocycles. The number of amides is 1. The van der Waals surface area contributed by atoms with Crippen molar-refractivity contribution in [3.8, 4) is 0 Å². The van der Waals surface area contributed by atoms with Crippen LogP contribution in [0.25, 0.3) is 0 Å². The van der Waals surface area contributed by atoms with E-state index in [1.54, 1.807) is 0 Å². The lowest BCUT2D eigenvalue weighted by Crippen LogP contribution is -2.60. The highest BCUT2D eigenvalue weighted by Gasteiger charge is 2.51. The first-order valence-electron chi connectivity index (χ1n) is 8.51. The summed E-state index contributed by atoms with van der Waals surface area (Å²) in [4.78, 5) is 23.9. The molecule has 2 atom stereocenters. The van der Waals surface area contributed by atoms with Gasteiger partial charge in [0.25, 0.3) is 5.91 Å². The summed E-state index contributed by atoms with van der Waals surface area (Å²) in [5.74, 6) is 2.62. The third-order valence-corrected chi connectivity index (χ3v) is 6.20. The van der Waals surface area contributed by atoms with E-state index in [9.17, 15) is 9.59 Å². The summed E-state index contributed by atoms with van der Waals surface area (Å²) in [6.45, 7) is 1.95. The van der Waals surface area contributed by atoms with Crippen molar-refractivity contribution < 1.29 is 14.3 Å². The van der Waals surface area contributed by atoms with E-state index in [1.165, 1.54) is 19.3 Å². The van der Waals surface area contributed by atoms with Crippen LogP contribution >= 0.6 is 0 Å². The van der Waals surface area contributed by atoms with E-state index in [0.29, 0.717) is 5.92 Å². The molecular weight excluding hydrogens is 266 g/mol. The smallest absolute Gasteiger partial charge is 0.309 e. The monoisotopic (exact) mass is 291 g/mol. The van der Waals surface area contributed by atoms with E-state index in [-0.39, 0.29) is 29.9 Å². The molecule has 0 spiro atoms. The topological polar surface area (TPSA) is 55.4 Å². The minimum atomic E-state index is -0.192. The van der Waals surface area contributed by atoms with Crippen molar-refractivity contribution in [2.45, 2.75) is 57.4 Å². The Morgan fingerprint density at radius 2 is 1.57 bits per heavy atom. The van der Waals surface area contributed by atoms with Gasteiger partial charge in [0.05, 0.1) is 5.92 Å². The van der Waals surface area contributed by atoms with Crippen LogP contribution in [0, 0.1) is 29.6 Å². The number of esters is 1. The Kier molecular flexibility index (Phi) is 3.05. The Morgan fingerprint density at radius 1 is 1.05 bits per heavy atom. The van der Waals surface area contributed by atoms with Crippen LogP contribution in [-0.2, 0) is 14.3 Å². The van der Waals surface area contributed by atoms with Gasteiger partial charge < -0.3 is 10.1 Å². The number of rotatable bonds is 4. The second-order valence-electron chi connectivity index (χ2n) is 8.17. The molecule has 0 unspecified atom stereocenters. The fourth-order valence-electron chi connectivity index (χ4n) is 5.49. The Morgan fingerprint density at radius 3 is 2.05 bits per heavy atom. The van der Waals surface area contributed by atoms with Crippen LogP contribution in [0.15, 0.2) is 0 Å². The van der Waals surface area contributed by atoms with Gasteiger partial charge in [0.1, 0.15) is 0 Å². The summed E-state index contributed by atoms with van der Waals surface area (Å²) < 4.78 is 5.16. The summed E-state index contributed by atoms with van der Waals surface area (Å²) in [6.07, 6.45) is 8.42. The molecule has 116 valence electrons. The standard InChI is InChI=1S/C17H25NO3/c1-10-2-14(10)16(20)21-9-15(19)18-17-6-11-3-12(7-17)5-13(4-11)8-17/h10-14H,2-9H2,1H3,(H,18,19)/t10-,11?,12?,13?,14+,17?/m0/s1. The zero-order valence-electron chi connectivity index (χ0n) is 12.8. The zero-order valence-corrected chi connectivity index (χ0v) is 12.8. The second kappa shape index (κ2) is 4.72. The number of hydrogen-bond donors (Lipinski definition) is 1. The number of ether oxygens (including phenoxy) is 1. The molecule has 1 N–H and O–H groups in total. The molecule has 4 nitrogen and oxygen atoms in total. The number of carbonyl (C=O) groups is 2. The predicted molar refractivity (Wildman–Crippen MR) is 77.3 cm³/mol. The van der Waals surface area contributed by atoms with Gasteiger partial charge in [-0.1, -0.05) is 6.92 Å². The first kappa shape index (κ1) is 13.6. The van der Waals surface area contributed by atoms with Gasteiger partial charge in [-0.3, -0.25) is 9.59 Å². The van der Waals surface area contributed by atoms with E-state index in [0.717, 1.165) is 43.4 Å². The molecule has 5 saturated carbocycles. The lowest BCUT2D eigenvalue weighted by molar-refractivity contribution is -0.151. The molecule has 5 rings (SSSR count). The van der Waals surface area contributed by atoms with Crippen molar-refractivity contribution >= 4 is 11.9 Å². The van der Waals surface area contributed by atoms with Crippen LogP contribution in [-0.4, -0.2) is 24.0 Å². The first-order valence-corrected chi connectivity index (χ1v) is 8.51. The predicted octanol–water partition coefficient (Wildman–Crippen LogP) is 2.27. The van der Waals surface area contributed by atoms with Gasteiger partial charge in [-0.05, 0) is 68.6 Å². The summed E-state index contributed by atoms with van der Waals surface area (Å²) in [5.41, 5.74) is 0.0190. The number of carbonyl (C=O) groups excluding carboxylic acids is 2. The number of hydrogen-bond acceptors (Lipinski definition) is 3. The van der Waals surface area contributed by atoms with Gasteiger partial charge in [0.15, 0.2) is 6.61 Å². The first-order chi connectivity index (χ1) is 10.0. The van der Waals surface area contributed by atoms with Crippen molar-refractivity contribution in [2.24, 2.45) is 29.6 Å². The van der Waals surface area contributed by atoms with Gasteiger partial charge in [-0.2, -0.15) is 0 Å². The molecule has 0 aromatic rings. The van der Waals surface area contributed by atoms with Gasteiger partial charge in [0.2, 0.25) is 0 Å². The molecule has 5 aliphatic rings. The van der Waals surface area contributed by atoms with Gasteiger partial charge in [-0.15, -0.1) is 0 Å². The summed E-state index contributed by atoms with van der Waals surface area (Å²) >= 11 is 0. The second-order valence-corrected chi connectivity index (χ2v) is 8.17. The fraction of sp³-hybridized carbons (Fsp3) is 0.882. The van der Waals surface area contributed by atoms with E-state index in [4.69, 9.17) is 4.74 Å². The van der Waals surface area contributed by atoms with E-state index in [2.05, 4.69) is 5.32 Å². The van der Waals surface area contributed by atoms with Gasteiger partial charge in [0, 0.05) is 5.54 Å². The molecule has 4 heteroatoms. The Bertz CT molecular complexity index is 437. The third-order valence-electron chi connectivity index (χ3n) is 6.20. The van der Waals surface area contributed by atoms with Crippen LogP contribution in [0.2, 0.25) is 0 Å². The van der Waals surface area contributed by atoms with Crippen LogP contribution < -0.4 is 5.32 Å². The van der Waals surface area contributed by atoms with Gasteiger partial charge in [-0.25, -0.2) is 0 Å². The molecule has 0 aromatic carbocycles. The lowest BCUT2D eigenvalue weighted by Gasteiger charge is -2.56. The van der Waals surface area contributed by atoms with Crippen molar-refractivity contribution in [3.63, 3.8) is 0 Å². The van der Waals surface area contributed by atoms with E-state index >= 15 is 0 Å². The fourth-order valence-corrected chi connectivity index (χ4v) is 5.49. The molecule has 5 fully saturated rings. The molecule has 1 amide bonds. The zero-order chi connectivity index (χ0) is 14.6. The Balaban J connectivity index is 1.31. The minimum absolute atomic E-state index is 0.0190. The highest BCUT2D eigenvalue weighted by atomic mass is 16.5. The van der Waals surface area contributed by atoms with Crippen molar-refractivity contribution in [3.05, 3.63) is 0 Å². The summed E-state index contributed by atoms with van der Waals surface area (Å²) in [7, 11) is 0. The average molecular weight is 291 g/mol. The lowest BCUT2D eigenvalue weighted by atomic mass is 9.53. The summed E-state index contributed by atoms with van der Waals surface area (Å²) in [6, 6.07) is 0. The van der Waals surface area contributed by atoms with Crippen LogP contribution in [0.5, 0.6) is 0 Å². The minimum Gasteiger partial charge on any atom is -0.455 e. The highest BCUT2D eigenvalue weighted by molar-refractivity contribution is 5.82. The molecule has 0 radical (unpaired) electrons. The van der Waals surface area contributed by atoms with E-state index < -0.39 is 0 Å². The largest absolute Gasteiger partial charge is 0.455 e. The molecular formula is C17H25NO3. The molecule has 0 aliphatic heterocycles. The highest BCUT2D eigenvalue weighted by Crippen LogP contribution is 2.55. The summed E-state index contributed by atoms with van der Waals surface area (Å²) in [5, 5.41) is 3.23.